The highest BCUT2D eigenvalue weighted by atomic mass is 35.5. The molecule has 1 aliphatic rings. The lowest BCUT2D eigenvalue weighted by atomic mass is 10.0. The van der Waals surface area contributed by atoms with Crippen molar-refractivity contribution in [3.05, 3.63) is 38.9 Å². The van der Waals surface area contributed by atoms with Gasteiger partial charge in [0.05, 0.1) is 22.1 Å². The van der Waals surface area contributed by atoms with E-state index < -0.39 is 16.9 Å². The Labute approximate surface area is 205 Å². The number of carbonyl (C=O) groups excluding carboxylic acids is 3. The molecular weight excluding hydrogens is 462 g/mol. The first-order valence-electron chi connectivity index (χ1n) is 11.6. The number of nitro benzene ring substituents is 1. The van der Waals surface area contributed by atoms with Gasteiger partial charge in [-0.1, -0.05) is 25.4 Å². The SMILES string of the molecule is CCN(CC)C(=O)CN1CCCN(C(=O)C(NC(=O)c2ccc([N+](=O)[O-])cc2Cl)C(C)C)CC1. The second-order valence-corrected chi connectivity index (χ2v) is 9.04. The third-order valence-corrected chi connectivity index (χ3v) is 6.32. The van der Waals surface area contributed by atoms with Gasteiger partial charge in [0.15, 0.2) is 0 Å². The number of carbonyl (C=O) groups is 3. The van der Waals surface area contributed by atoms with Gasteiger partial charge in [0.2, 0.25) is 11.8 Å². The average Bonchev–Trinajstić information content (AvgIpc) is 3.02. The summed E-state index contributed by atoms with van der Waals surface area (Å²) in [5.74, 6) is -0.861. The van der Waals surface area contributed by atoms with E-state index in [2.05, 4.69) is 10.2 Å². The molecule has 188 valence electrons. The Bertz CT molecular complexity index is 906. The molecule has 10 nitrogen and oxygen atoms in total. The first kappa shape index (κ1) is 27.5. The summed E-state index contributed by atoms with van der Waals surface area (Å²) in [7, 11) is 0. The van der Waals surface area contributed by atoms with Gasteiger partial charge in [0.25, 0.3) is 11.6 Å². The van der Waals surface area contributed by atoms with Gasteiger partial charge in [-0.3, -0.25) is 29.4 Å². The van der Waals surface area contributed by atoms with Crippen LogP contribution >= 0.6 is 11.6 Å². The first-order valence-corrected chi connectivity index (χ1v) is 12.0. The molecule has 11 heteroatoms. The molecule has 1 fully saturated rings. The molecule has 1 heterocycles. The van der Waals surface area contributed by atoms with Crippen molar-refractivity contribution in [2.75, 3.05) is 45.8 Å². The topological polar surface area (TPSA) is 116 Å². The van der Waals surface area contributed by atoms with E-state index in [0.29, 0.717) is 45.8 Å². The summed E-state index contributed by atoms with van der Waals surface area (Å²) in [6, 6.07) is 2.83. The summed E-state index contributed by atoms with van der Waals surface area (Å²) in [5.41, 5.74) is -0.144. The van der Waals surface area contributed by atoms with Crippen molar-refractivity contribution in [1.82, 2.24) is 20.0 Å². The van der Waals surface area contributed by atoms with E-state index in [1.54, 1.807) is 9.80 Å². The number of nitrogens with one attached hydrogen (secondary N) is 1. The zero-order valence-electron chi connectivity index (χ0n) is 20.3. The number of nitro groups is 1. The van der Waals surface area contributed by atoms with Crippen molar-refractivity contribution in [2.45, 2.75) is 40.2 Å². The van der Waals surface area contributed by atoms with Crippen molar-refractivity contribution in [3.63, 3.8) is 0 Å². The summed E-state index contributed by atoms with van der Waals surface area (Å²) in [6.07, 6.45) is 0.726. The monoisotopic (exact) mass is 495 g/mol. The molecule has 0 spiro atoms. The lowest BCUT2D eigenvalue weighted by Gasteiger charge is -2.29. The molecule has 3 amide bonds. The van der Waals surface area contributed by atoms with E-state index in [4.69, 9.17) is 11.6 Å². The van der Waals surface area contributed by atoms with Crippen LogP contribution in [0.4, 0.5) is 5.69 Å². The predicted molar refractivity (Wildman–Crippen MR) is 130 cm³/mol. The van der Waals surface area contributed by atoms with Gasteiger partial charge in [0, 0.05) is 51.4 Å². The van der Waals surface area contributed by atoms with Crippen LogP contribution < -0.4 is 5.32 Å². The zero-order chi connectivity index (χ0) is 25.4. The standard InChI is InChI=1S/C23H34ClN5O5/c1-5-27(6-2)20(30)15-26-10-7-11-28(13-12-26)23(32)21(16(3)4)25-22(31)18-9-8-17(29(33)34)14-19(18)24/h8-9,14,16,21H,5-7,10-13,15H2,1-4H3,(H,25,31). The van der Waals surface area contributed by atoms with Crippen LogP contribution in [0.5, 0.6) is 0 Å². The molecule has 0 saturated carbocycles. The van der Waals surface area contributed by atoms with Crippen LogP contribution in [0.3, 0.4) is 0 Å². The van der Waals surface area contributed by atoms with E-state index in [-0.39, 0.29) is 34.0 Å². The smallest absolute Gasteiger partial charge is 0.270 e. The summed E-state index contributed by atoms with van der Waals surface area (Å²) in [4.78, 5) is 54.5. The maximum atomic E-state index is 13.3. The number of hydrogen-bond acceptors (Lipinski definition) is 6. The Hall–Kier alpha value is -2.72. The Morgan fingerprint density at radius 2 is 1.82 bits per heavy atom. The molecular formula is C23H34ClN5O5. The lowest BCUT2D eigenvalue weighted by molar-refractivity contribution is -0.384. The Morgan fingerprint density at radius 1 is 1.15 bits per heavy atom. The van der Waals surface area contributed by atoms with E-state index in [0.717, 1.165) is 12.5 Å². The van der Waals surface area contributed by atoms with Gasteiger partial charge in [-0.05, 0) is 32.3 Å². The fraction of sp³-hybridized carbons (Fsp3) is 0.609. The van der Waals surface area contributed by atoms with Crippen LogP contribution in [-0.2, 0) is 9.59 Å². The molecule has 1 N–H and O–H groups in total. The molecule has 1 aromatic carbocycles. The normalized spacial score (nSPS) is 15.5. The molecule has 1 unspecified atom stereocenters. The van der Waals surface area contributed by atoms with Crippen molar-refractivity contribution in [3.8, 4) is 0 Å². The number of halogens is 1. The van der Waals surface area contributed by atoms with Crippen molar-refractivity contribution < 1.29 is 19.3 Å². The molecule has 1 atom stereocenters. The van der Waals surface area contributed by atoms with Gasteiger partial charge in [0.1, 0.15) is 6.04 Å². The van der Waals surface area contributed by atoms with E-state index in [9.17, 15) is 24.5 Å². The Balaban J connectivity index is 2.05. The van der Waals surface area contributed by atoms with Crippen LogP contribution in [-0.4, -0.2) is 89.2 Å². The first-order chi connectivity index (χ1) is 16.1. The van der Waals surface area contributed by atoms with E-state index in [1.807, 2.05) is 27.7 Å². The molecule has 1 saturated heterocycles. The van der Waals surface area contributed by atoms with Crippen molar-refractivity contribution in [2.24, 2.45) is 5.92 Å². The Kier molecular flexibility index (Phi) is 10.2. The number of rotatable bonds is 9. The third-order valence-electron chi connectivity index (χ3n) is 6.00. The maximum absolute atomic E-state index is 13.3. The molecule has 0 aliphatic carbocycles. The minimum Gasteiger partial charge on any atom is -0.342 e. The van der Waals surface area contributed by atoms with Crippen LogP contribution in [0.25, 0.3) is 0 Å². The predicted octanol–water partition coefficient (Wildman–Crippen LogP) is 2.41. The molecule has 0 bridgehead atoms. The number of benzene rings is 1. The lowest BCUT2D eigenvalue weighted by Crippen LogP contribution is -2.52. The van der Waals surface area contributed by atoms with Gasteiger partial charge in [-0.25, -0.2) is 0 Å². The van der Waals surface area contributed by atoms with Gasteiger partial charge < -0.3 is 15.1 Å². The van der Waals surface area contributed by atoms with Gasteiger partial charge in [-0.15, -0.1) is 0 Å². The minimum atomic E-state index is -0.775. The van der Waals surface area contributed by atoms with Crippen LogP contribution in [0.2, 0.25) is 5.02 Å². The third kappa shape index (κ3) is 7.14. The fourth-order valence-corrected chi connectivity index (χ4v) is 4.21. The number of amides is 3. The summed E-state index contributed by atoms with van der Waals surface area (Å²) in [5, 5.41) is 13.6. The van der Waals surface area contributed by atoms with Crippen LogP contribution in [0.15, 0.2) is 18.2 Å². The molecule has 2 rings (SSSR count). The van der Waals surface area contributed by atoms with Gasteiger partial charge >= 0.3 is 0 Å². The number of non-ortho nitro benzene ring substituents is 1. The largest absolute Gasteiger partial charge is 0.342 e. The number of nitrogens with zero attached hydrogens (tertiary/aromatic N) is 4. The fourth-order valence-electron chi connectivity index (χ4n) is 3.95. The zero-order valence-corrected chi connectivity index (χ0v) is 21.0. The second-order valence-electron chi connectivity index (χ2n) is 8.64. The number of hydrogen-bond donors (Lipinski definition) is 1. The maximum Gasteiger partial charge on any atom is 0.270 e. The van der Waals surface area contributed by atoms with Crippen LogP contribution in [0.1, 0.15) is 44.5 Å². The number of likely N-dealkylation sites (N-methyl/N-ethyl adjacent to an activating group) is 1. The van der Waals surface area contributed by atoms with E-state index >= 15 is 0 Å². The second kappa shape index (κ2) is 12.7. The Morgan fingerprint density at radius 3 is 2.38 bits per heavy atom. The summed E-state index contributed by atoms with van der Waals surface area (Å²) in [6.45, 7) is 11.5. The molecule has 34 heavy (non-hydrogen) atoms. The van der Waals surface area contributed by atoms with Crippen molar-refractivity contribution >= 4 is 35.0 Å². The van der Waals surface area contributed by atoms with E-state index in [1.165, 1.54) is 12.1 Å². The highest BCUT2D eigenvalue weighted by Gasteiger charge is 2.31. The minimum absolute atomic E-state index is 0.0510. The average molecular weight is 496 g/mol. The highest BCUT2D eigenvalue weighted by molar-refractivity contribution is 6.34. The van der Waals surface area contributed by atoms with Crippen molar-refractivity contribution in [1.29, 1.82) is 0 Å². The molecule has 0 radical (unpaired) electrons. The van der Waals surface area contributed by atoms with Gasteiger partial charge in [-0.2, -0.15) is 0 Å². The highest BCUT2D eigenvalue weighted by Crippen LogP contribution is 2.23. The quantitative estimate of drug-likeness (QED) is 0.415. The summed E-state index contributed by atoms with van der Waals surface area (Å²) >= 11 is 6.08. The molecule has 1 aliphatic heterocycles. The molecule has 0 aromatic heterocycles. The van der Waals surface area contributed by atoms with Crippen LogP contribution in [0, 0.1) is 16.0 Å². The summed E-state index contributed by atoms with van der Waals surface area (Å²) < 4.78 is 0. The molecule has 1 aromatic rings.